The van der Waals surface area contributed by atoms with E-state index in [2.05, 4.69) is 5.32 Å². The lowest BCUT2D eigenvalue weighted by Gasteiger charge is -2.16. The number of carbonyl (C=O) groups excluding carboxylic acids is 3. The van der Waals surface area contributed by atoms with E-state index in [0.717, 1.165) is 5.69 Å². The summed E-state index contributed by atoms with van der Waals surface area (Å²) in [5, 5.41) is 2.41. The van der Waals surface area contributed by atoms with Crippen LogP contribution < -0.4 is 10.2 Å². The van der Waals surface area contributed by atoms with E-state index in [9.17, 15) is 14.4 Å². The maximum atomic E-state index is 11.8. The molecule has 0 saturated carbocycles. The second kappa shape index (κ2) is 8.02. The molecule has 0 aliphatic heterocycles. The molecule has 0 aromatic heterocycles. The SMILES string of the molecule is CNC(=O)CN(C)C(=O)COC(=O)c1ccc(N(C)C)cc1. The fraction of sp³-hybridized carbons (Fsp3) is 0.400. The minimum absolute atomic E-state index is 0.0790. The summed E-state index contributed by atoms with van der Waals surface area (Å²) in [6.07, 6.45) is 0. The van der Waals surface area contributed by atoms with E-state index >= 15 is 0 Å². The number of likely N-dealkylation sites (N-methyl/N-ethyl adjacent to an activating group) is 2. The highest BCUT2D eigenvalue weighted by Gasteiger charge is 2.15. The van der Waals surface area contributed by atoms with Crippen LogP contribution in [0, 0.1) is 0 Å². The number of hydrogen-bond acceptors (Lipinski definition) is 5. The molecule has 0 aliphatic carbocycles. The van der Waals surface area contributed by atoms with Crippen LogP contribution in [0.2, 0.25) is 0 Å². The van der Waals surface area contributed by atoms with E-state index in [4.69, 9.17) is 4.74 Å². The average Bonchev–Trinajstić information content (AvgIpc) is 2.51. The average molecular weight is 307 g/mol. The third-order valence-corrected chi connectivity index (χ3v) is 3.03. The fourth-order valence-electron chi connectivity index (χ4n) is 1.60. The molecule has 120 valence electrons. The third kappa shape index (κ3) is 5.08. The number of hydrogen-bond donors (Lipinski definition) is 1. The van der Waals surface area contributed by atoms with Crippen LogP contribution in [-0.2, 0) is 14.3 Å². The summed E-state index contributed by atoms with van der Waals surface area (Å²) in [5.74, 6) is -1.31. The van der Waals surface area contributed by atoms with Crippen LogP contribution >= 0.6 is 0 Å². The Kier molecular flexibility index (Phi) is 6.37. The van der Waals surface area contributed by atoms with Gasteiger partial charge in [-0.05, 0) is 24.3 Å². The van der Waals surface area contributed by atoms with Crippen LogP contribution in [0.1, 0.15) is 10.4 Å². The van der Waals surface area contributed by atoms with Gasteiger partial charge in [-0.2, -0.15) is 0 Å². The van der Waals surface area contributed by atoms with E-state index in [1.54, 1.807) is 24.3 Å². The summed E-state index contributed by atoms with van der Waals surface area (Å²) in [6, 6.07) is 6.85. The topological polar surface area (TPSA) is 79.0 Å². The molecular formula is C15H21N3O4. The minimum Gasteiger partial charge on any atom is -0.452 e. The Balaban J connectivity index is 2.51. The van der Waals surface area contributed by atoms with Gasteiger partial charge in [0.1, 0.15) is 0 Å². The zero-order chi connectivity index (χ0) is 16.7. The quantitative estimate of drug-likeness (QED) is 0.755. The van der Waals surface area contributed by atoms with Crippen LogP contribution in [-0.4, -0.2) is 64.0 Å². The Hall–Kier alpha value is -2.57. The number of esters is 1. The second-order valence-corrected chi connectivity index (χ2v) is 4.94. The van der Waals surface area contributed by atoms with Gasteiger partial charge in [0.15, 0.2) is 6.61 Å². The Morgan fingerprint density at radius 3 is 2.18 bits per heavy atom. The predicted octanol–water partition coefficient (Wildman–Crippen LogP) is 0.114. The van der Waals surface area contributed by atoms with Gasteiger partial charge < -0.3 is 19.9 Å². The van der Waals surface area contributed by atoms with Crippen molar-refractivity contribution in [1.29, 1.82) is 0 Å². The molecule has 0 bridgehead atoms. The molecule has 0 radical (unpaired) electrons. The van der Waals surface area contributed by atoms with Crippen molar-refractivity contribution in [2.24, 2.45) is 0 Å². The standard InChI is InChI=1S/C15H21N3O4/c1-16-13(19)9-18(4)14(20)10-22-15(21)11-5-7-12(8-6-11)17(2)3/h5-8H,9-10H2,1-4H3,(H,16,19). The van der Waals surface area contributed by atoms with Gasteiger partial charge in [0.05, 0.1) is 12.1 Å². The van der Waals surface area contributed by atoms with Gasteiger partial charge in [-0.3, -0.25) is 9.59 Å². The van der Waals surface area contributed by atoms with Crippen LogP contribution in [0.4, 0.5) is 5.69 Å². The molecule has 7 heteroatoms. The monoisotopic (exact) mass is 307 g/mol. The highest BCUT2D eigenvalue weighted by atomic mass is 16.5. The van der Waals surface area contributed by atoms with E-state index < -0.39 is 18.5 Å². The summed E-state index contributed by atoms with van der Waals surface area (Å²) in [5.41, 5.74) is 1.32. The lowest BCUT2D eigenvalue weighted by Crippen LogP contribution is -2.39. The summed E-state index contributed by atoms with van der Waals surface area (Å²) < 4.78 is 4.95. The van der Waals surface area contributed by atoms with Gasteiger partial charge in [-0.15, -0.1) is 0 Å². The number of benzene rings is 1. The molecular weight excluding hydrogens is 286 g/mol. The number of ether oxygens (including phenoxy) is 1. The van der Waals surface area contributed by atoms with Crippen LogP contribution in [0.5, 0.6) is 0 Å². The first-order chi connectivity index (χ1) is 10.3. The van der Waals surface area contributed by atoms with Crippen LogP contribution in [0.25, 0.3) is 0 Å². The zero-order valence-electron chi connectivity index (χ0n) is 13.3. The maximum Gasteiger partial charge on any atom is 0.338 e. The van der Waals surface area contributed by atoms with E-state index in [1.165, 1.54) is 19.0 Å². The largest absolute Gasteiger partial charge is 0.452 e. The number of nitrogens with zero attached hydrogens (tertiary/aromatic N) is 2. The van der Waals surface area contributed by atoms with Gasteiger partial charge in [0.25, 0.3) is 5.91 Å². The maximum absolute atomic E-state index is 11.8. The molecule has 1 rings (SSSR count). The highest BCUT2D eigenvalue weighted by Crippen LogP contribution is 2.12. The Morgan fingerprint density at radius 1 is 1.09 bits per heavy atom. The lowest BCUT2D eigenvalue weighted by atomic mass is 10.2. The molecule has 0 saturated heterocycles. The van der Waals surface area contributed by atoms with Crippen molar-refractivity contribution in [1.82, 2.24) is 10.2 Å². The fourth-order valence-corrected chi connectivity index (χ4v) is 1.60. The van der Waals surface area contributed by atoms with Crippen molar-refractivity contribution in [2.45, 2.75) is 0 Å². The number of carbonyl (C=O) groups is 3. The predicted molar refractivity (Wildman–Crippen MR) is 82.8 cm³/mol. The molecule has 1 aromatic carbocycles. The molecule has 2 amide bonds. The summed E-state index contributed by atoms with van der Waals surface area (Å²) in [6.45, 7) is -0.480. The van der Waals surface area contributed by atoms with Crippen molar-refractivity contribution in [3.05, 3.63) is 29.8 Å². The number of amides is 2. The summed E-state index contributed by atoms with van der Waals surface area (Å²) in [7, 11) is 6.75. The molecule has 0 aliphatic rings. The molecule has 1 N–H and O–H groups in total. The minimum atomic E-state index is -0.577. The van der Waals surface area contributed by atoms with Crippen molar-refractivity contribution < 1.29 is 19.1 Å². The van der Waals surface area contributed by atoms with Gasteiger partial charge in [0, 0.05) is 33.9 Å². The lowest BCUT2D eigenvalue weighted by molar-refractivity contribution is -0.137. The molecule has 0 heterocycles. The number of rotatable bonds is 6. The van der Waals surface area contributed by atoms with Crippen molar-refractivity contribution in [3.63, 3.8) is 0 Å². The van der Waals surface area contributed by atoms with Gasteiger partial charge in [0.2, 0.25) is 5.91 Å². The molecule has 7 nitrogen and oxygen atoms in total. The molecule has 0 atom stereocenters. The molecule has 0 unspecified atom stereocenters. The van der Waals surface area contributed by atoms with Crippen LogP contribution in [0.15, 0.2) is 24.3 Å². The van der Waals surface area contributed by atoms with Crippen molar-refractivity contribution in [2.75, 3.05) is 46.2 Å². The Bertz CT molecular complexity index is 540. The van der Waals surface area contributed by atoms with E-state index in [1.807, 2.05) is 19.0 Å². The molecule has 0 fully saturated rings. The zero-order valence-corrected chi connectivity index (χ0v) is 13.3. The Labute approximate surface area is 129 Å². The van der Waals surface area contributed by atoms with E-state index in [-0.39, 0.29) is 12.5 Å². The molecule has 22 heavy (non-hydrogen) atoms. The van der Waals surface area contributed by atoms with E-state index in [0.29, 0.717) is 5.56 Å². The first-order valence-corrected chi connectivity index (χ1v) is 6.74. The number of anilines is 1. The van der Waals surface area contributed by atoms with Crippen molar-refractivity contribution in [3.8, 4) is 0 Å². The highest BCUT2D eigenvalue weighted by molar-refractivity contribution is 5.92. The number of nitrogens with one attached hydrogen (secondary N) is 1. The van der Waals surface area contributed by atoms with Gasteiger partial charge in [-0.1, -0.05) is 0 Å². The van der Waals surface area contributed by atoms with Crippen LogP contribution in [0.3, 0.4) is 0 Å². The smallest absolute Gasteiger partial charge is 0.338 e. The second-order valence-electron chi connectivity index (χ2n) is 4.94. The summed E-state index contributed by atoms with van der Waals surface area (Å²) in [4.78, 5) is 37.8. The first kappa shape index (κ1) is 17.5. The Morgan fingerprint density at radius 2 is 1.68 bits per heavy atom. The van der Waals surface area contributed by atoms with Crippen molar-refractivity contribution >= 4 is 23.5 Å². The third-order valence-electron chi connectivity index (χ3n) is 3.03. The summed E-state index contributed by atoms with van der Waals surface area (Å²) >= 11 is 0. The molecule has 0 spiro atoms. The normalized spacial score (nSPS) is 9.82. The van der Waals surface area contributed by atoms with Gasteiger partial charge in [-0.25, -0.2) is 4.79 Å². The molecule has 1 aromatic rings. The van der Waals surface area contributed by atoms with Gasteiger partial charge >= 0.3 is 5.97 Å². The first-order valence-electron chi connectivity index (χ1n) is 6.74.